The lowest BCUT2D eigenvalue weighted by atomic mass is 10.0. The van der Waals surface area contributed by atoms with E-state index in [1.807, 2.05) is 19.1 Å². The Bertz CT molecular complexity index is 884. The van der Waals surface area contributed by atoms with Crippen LogP contribution >= 0.6 is 24.0 Å². The van der Waals surface area contributed by atoms with Crippen LogP contribution in [0.15, 0.2) is 46.0 Å². The Hall–Kier alpha value is -2.18. The molecule has 33 heavy (non-hydrogen) atoms. The van der Waals surface area contributed by atoms with Gasteiger partial charge in [0.05, 0.1) is 25.5 Å². The number of halogens is 2. The fourth-order valence-electron chi connectivity index (χ4n) is 3.63. The lowest BCUT2D eigenvalue weighted by molar-refractivity contribution is 0.0170. The molecule has 1 saturated heterocycles. The molecular formula is C23H33FIN5O3. The average Bonchev–Trinajstić information content (AvgIpc) is 3.25. The zero-order chi connectivity index (χ0) is 22.8. The molecule has 8 nitrogen and oxygen atoms in total. The second kappa shape index (κ2) is 14.2. The Balaban J connectivity index is 0.00000385. The molecule has 1 amide bonds. The summed E-state index contributed by atoms with van der Waals surface area (Å²) < 4.78 is 24.1. The second-order valence-corrected chi connectivity index (χ2v) is 7.64. The number of carbonyl (C=O) groups is 1. The highest BCUT2D eigenvalue weighted by molar-refractivity contribution is 14.0. The number of hydrogen-bond acceptors (Lipinski definition) is 5. The molecule has 2 aromatic rings. The first-order valence-corrected chi connectivity index (χ1v) is 10.9. The van der Waals surface area contributed by atoms with Gasteiger partial charge < -0.3 is 25.1 Å². The number of morpholine rings is 1. The maximum absolute atomic E-state index is 13.4. The zero-order valence-corrected chi connectivity index (χ0v) is 21.4. The maximum atomic E-state index is 13.4. The van der Waals surface area contributed by atoms with E-state index in [9.17, 15) is 9.18 Å². The van der Waals surface area contributed by atoms with Crippen molar-refractivity contribution in [1.29, 1.82) is 0 Å². The highest BCUT2D eigenvalue weighted by Crippen LogP contribution is 2.21. The third kappa shape index (κ3) is 8.27. The first-order chi connectivity index (χ1) is 15.6. The van der Waals surface area contributed by atoms with Crippen LogP contribution in [-0.4, -0.2) is 69.8 Å². The first kappa shape index (κ1) is 27.1. The fourth-order valence-corrected chi connectivity index (χ4v) is 3.63. The molecule has 3 N–H and O–H groups in total. The molecule has 0 saturated carbocycles. The van der Waals surface area contributed by atoms with Gasteiger partial charge in [-0.25, -0.2) is 4.39 Å². The molecule has 0 radical (unpaired) electrons. The number of guanidine groups is 1. The zero-order valence-electron chi connectivity index (χ0n) is 19.1. The third-order valence-electron chi connectivity index (χ3n) is 5.43. The number of nitrogens with zero attached hydrogens (tertiary/aromatic N) is 2. The number of aliphatic imine (C=N–C) groups is 1. The van der Waals surface area contributed by atoms with Crippen molar-refractivity contribution < 1.29 is 18.3 Å². The molecule has 1 aromatic heterocycles. The Morgan fingerprint density at radius 1 is 1.12 bits per heavy atom. The van der Waals surface area contributed by atoms with Crippen LogP contribution < -0.4 is 16.0 Å². The minimum absolute atomic E-state index is 0. The number of benzene rings is 1. The molecule has 1 aromatic carbocycles. The number of carbonyl (C=O) groups excluding carboxylic acids is 1. The van der Waals surface area contributed by atoms with E-state index in [2.05, 4.69) is 25.8 Å². The van der Waals surface area contributed by atoms with Gasteiger partial charge in [0.25, 0.3) is 5.91 Å². The minimum atomic E-state index is -0.241. The summed E-state index contributed by atoms with van der Waals surface area (Å²) in [4.78, 5) is 18.7. The molecule has 1 atom stereocenters. The van der Waals surface area contributed by atoms with E-state index < -0.39 is 0 Å². The Morgan fingerprint density at radius 3 is 2.45 bits per heavy atom. The molecule has 1 fully saturated rings. The molecule has 1 unspecified atom stereocenters. The van der Waals surface area contributed by atoms with Gasteiger partial charge >= 0.3 is 0 Å². The Kier molecular flexibility index (Phi) is 11.6. The smallest absolute Gasteiger partial charge is 0.287 e. The number of nitrogens with one attached hydrogen (secondary N) is 3. The van der Waals surface area contributed by atoms with Crippen molar-refractivity contribution in [1.82, 2.24) is 20.9 Å². The average molecular weight is 573 g/mol. The van der Waals surface area contributed by atoms with E-state index in [0.717, 1.165) is 30.6 Å². The van der Waals surface area contributed by atoms with Crippen LogP contribution in [0.1, 0.15) is 34.1 Å². The Labute approximate surface area is 211 Å². The van der Waals surface area contributed by atoms with Crippen LogP contribution in [-0.2, 0) is 4.74 Å². The Morgan fingerprint density at radius 2 is 1.82 bits per heavy atom. The van der Waals surface area contributed by atoms with Crippen LogP contribution in [0.4, 0.5) is 4.39 Å². The summed E-state index contributed by atoms with van der Waals surface area (Å²) in [5, 5.41) is 9.49. The summed E-state index contributed by atoms with van der Waals surface area (Å²) in [5.41, 5.74) is 1.87. The van der Waals surface area contributed by atoms with Crippen LogP contribution in [0.2, 0.25) is 0 Å². The second-order valence-electron chi connectivity index (χ2n) is 7.64. The van der Waals surface area contributed by atoms with Gasteiger partial charge in [0, 0.05) is 45.3 Å². The maximum Gasteiger partial charge on any atom is 0.287 e. The van der Waals surface area contributed by atoms with Crippen LogP contribution in [0.3, 0.4) is 0 Å². The van der Waals surface area contributed by atoms with E-state index in [1.165, 1.54) is 18.4 Å². The number of ether oxygens (including phenoxy) is 1. The summed E-state index contributed by atoms with van der Waals surface area (Å²) in [6.45, 7) is 6.66. The number of hydrogen-bond donors (Lipinski definition) is 3. The number of aryl methyl sites for hydroxylation is 1. The van der Waals surface area contributed by atoms with Crippen LogP contribution in [0.25, 0.3) is 0 Å². The molecule has 3 rings (SSSR count). The van der Waals surface area contributed by atoms with Crippen LogP contribution in [0, 0.1) is 12.7 Å². The van der Waals surface area contributed by atoms with Gasteiger partial charge in [-0.05, 0) is 37.1 Å². The predicted molar refractivity (Wildman–Crippen MR) is 137 cm³/mol. The van der Waals surface area contributed by atoms with Gasteiger partial charge in [-0.1, -0.05) is 12.1 Å². The molecule has 0 aliphatic carbocycles. The highest BCUT2D eigenvalue weighted by atomic mass is 127. The van der Waals surface area contributed by atoms with E-state index in [0.29, 0.717) is 44.6 Å². The summed E-state index contributed by atoms with van der Waals surface area (Å²) >= 11 is 0. The number of furan rings is 1. The largest absolute Gasteiger partial charge is 0.459 e. The number of rotatable bonds is 9. The molecule has 2 heterocycles. The molecule has 182 valence electrons. The first-order valence-electron chi connectivity index (χ1n) is 10.9. The SMILES string of the molecule is CN=C(NCCCNC(=O)c1occc1C)NCC(c1ccc(F)cc1)N1CCOCC1.I. The summed E-state index contributed by atoms with van der Waals surface area (Å²) in [6, 6.07) is 8.49. The van der Waals surface area contributed by atoms with Crippen molar-refractivity contribution in [3.05, 3.63) is 59.3 Å². The van der Waals surface area contributed by atoms with Gasteiger partial charge in [0.15, 0.2) is 11.7 Å². The summed E-state index contributed by atoms with van der Waals surface area (Å²) in [5.74, 6) is 0.584. The standard InChI is InChI=1S/C23H32FN5O3.HI/c1-17-8-13-32-21(17)22(30)26-9-3-10-27-23(25-2)28-16-20(29-11-14-31-15-12-29)18-4-6-19(24)7-5-18;/h4-8,13,20H,3,9-12,14-16H2,1-2H3,(H,26,30)(H2,25,27,28);1H. The highest BCUT2D eigenvalue weighted by Gasteiger charge is 2.23. The fraction of sp³-hybridized carbons (Fsp3) is 0.478. The minimum Gasteiger partial charge on any atom is -0.459 e. The predicted octanol–water partition coefficient (Wildman–Crippen LogP) is 2.70. The molecule has 0 bridgehead atoms. The normalized spacial score (nSPS) is 15.4. The van der Waals surface area contributed by atoms with Gasteiger partial charge in [0.2, 0.25) is 0 Å². The van der Waals surface area contributed by atoms with Crippen molar-refractivity contribution in [3.8, 4) is 0 Å². The van der Waals surface area contributed by atoms with E-state index in [4.69, 9.17) is 9.15 Å². The van der Waals surface area contributed by atoms with Gasteiger partial charge in [-0.3, -0.25) is 14.7 Å². The lowest BCUT2D eigenvalue weighted by Gasteiger charge is -2.35. The molecule has 1 aliphatic heterocycles. The van der Waals surface area contributed by atoms with Crippen molar-refractivity contribution in [2.24, 2.45) is 4.99 Å². The third-order valence-corrected chi connectivity index (χ3v) is 5.43. The summed E-state index contributed by atoms with van der Waals surface area (Å²) in [6.07, 6.45) is 2.24. The molecule has 0 spiro atoms. The van der Waals surface area contributed by atoms with Gasteiger partial charge in [0.1, 0.15) is 5.82 Å². The number of amides is 1. The van der Waals surface area contributed by atoms with Gasteiger partial charge in [-0.15, -0.1) is 24.0 Å². The molecule has 1 aliphatic rings. The molecule has 10 heteroatoms. The van der Waals surface area contributed by atoms with Crippen LogP contribution in [0.5, 0.6) is 0 Å². The molecular weight excluding hydrogens is 540 g/mol. The van der Waals surface area contributed by atoms with Crippen molar-refractivity contribution in [2.45, 2.75) is 19.4 Å². The monoisotopic (exact) mass is 573 g/mol. The van der Waals surface area contributed by atoms with Crippen molar-refractivity contribution in [3.63, 3.8) is 0 Å². The van der Waals surface area contributed by atoms with Gasteiger partial charge in [-0.2, -0.15) is 0 Å². The lowest BCUT2D eigenvalue weighted by Crippen LogP contribution is -2.46. The quantitative estimate of drug-likeness (QED) is 0.185. The van der Waals surface area contributed by atoms with E-state index >= 15 is 0 Å². The van der Waals surface area contributed by atoms with E-state index in [-0.39, 0.29) is 41.7 Å². The van der Waals surface area contributed by atoms with E-state index in [1.54, 1.807) is 13.1 Å². The van der Waals surface area contributed by atoms with Crippen molar-refractivity contribution >= 4 is 35.8 Å². The summed E-state index contributed by atoms with van der Waals surface area (Å²) in [7, 11) is 1.72. The topological polar surface area (TPSA) is 91.1 Å². The van der Waals surface area contributed by atoms with Crippen molar-refractivity contribution in [2.75, 3.05) is 53.0 Å².